The third-order valence-electron chi connectivity index (χ3n) is 12.3. The summed E-state index contributed by atoms with van der Waals surface area (Å²) in [5, 5.41) is 0. The number of halogens is 4. The van der Waals surface area contributed by atoms with E-state index < -0.39 is 37.3 Å². The molecule has 4 rings (SSSR count). The van der Waals surface area contributed by atoms with Gasteiger partial charge in [0.05, 0.1) is 0 Å². The van der Waals surface area contributed by atoms with E-state index in [1.807, 2.05) is 27.7 Å². The van der Waals surface area contributed by atoms with E-state index in [9.17, 15) is 17.6 Å². The Hall–Kier alpha value is -0.280. The van der Waals surface area contributed by atoms with Crippen molar-refractivity contribution in [3.05, 3.63) is 0 Å². The maximum absolute atomic E-state index is 11.5. The molecule has 0 bridgehead atoms. The maximum atomic E-state index is 11.5. The van der Waals surface area contributed by atoms with Crippen molar-refractivity contribution in [2.45, 2.75) is 484 Å². The molecule has 4 aliphatic rings. The van der Waals surface area contributed by atoms with Gasteiger partial charge in [0.15, 0.2) is 0 Å². The Morgan fingerprint density at radius 2 is 0.523 bits per heavy atom. The van der Waals surface area contributed by atoms with Crippen LogP contribution in [0.25, 0.3) is 0 Å². The lowest BCUT2D eigenvalue weighted by atomic mass is 9.74. The molecule has 0 amide bonds. The number of hydrogen-bond acceptors (Lipinski definition) is 0. The third kappa shape index (κ3) is 249. The molecule has 0 nitrogen and oxygen atoms in total. The Morgan fingerprint density at radius 3 is 0.602 bits per heavy atom. The SMILES string of the molecule is C.CC.CC.CC(C)(C)C.CC(C)(C)C.CC(C)C.CC1CCC(C)(C)CC1.CC1CCC(C)CC1.CC1CCCC1.CC1CCCCC1.CCC.CCC(C)(C)C.CCC(C)(C)C.CCC(C)(F)F.CCC(C)(F)F.CCCC.[2H]C([2H])(C)C.[2H]C([2H])([2H])C(C)(C)C([2H])([2H])[2H]. The predicted octanol–water partition coefficient (Wildman–Crippen LogP) is 35.0. The van der Waals surface area contributed by atoms with Crippen LogP contribution in [0.4, 0.5) is 17.6 Å². The van der Waals surface area contributed by atoms with E-state index in [2.05, 4.69) is 208 Å². The number of alkyl halides is 4. The predicted molar refractivity (Wildman–Crippen MR) is 417 cm³/mol. The molecule has 0 radical (unpaired) electrons. The fourth-order valence-electron chi connectivity index (χ4n) is 5.41. The highest BCUT2D eigenvalue weighted by Crippen LogP contribution is 2.37. The number of hydrogen-bond donors (Lipinski definition) is 0. The van der Waals surface area contributed by atoms with Gasteiger partial charge in [-0.1, -0.05) is 433 Å². The van der Waals surface area contributed by atoms with E-state index in [0.29, 0.717) is 27.1 Å². The van der Waals surface area contributed by atoms with Gasteiger partial charge in [0, 0.05) is 23.8 Å². The average Bonchev–Trinajstić information content (AvgIpc) is 0.847. The molecular formula is C84H192F4. The zero-order valence-electron chi connectivity index (χ0n) is 77.4. The first kappa shape index (κ1) is 98.8. The second-order valence-electron chi connectivity index (χ2n) is 33.1. The van der Waals surface area contributed by atoms with Crippen LogP contribution in [-0.4, -0.2) is 11.8 Å². The molecule has 556 valence electrons. The van der Waals surface area contributed by atoms with Crippen LogP contribution in [-0.2, 0) is 0 Å². The lowest BCUT2D eigenvalue weighted by Crippen LogP contribution is -2.19. The minimum absolute atomic E-state index is 0. The molecule has 0 aromatic rings. The van der Waals surface area contributed by atoms with Crippen LogP contribution in [0, 0.1) is 68.0 Å². The molecule has 0 spiro atoms. The molecular weight excluding hydrogens is 1080 g/mol. The van der Waals surface area contributed by atoms with Gasteiger partial charge in [-0.2, -0.15) is 0 Å². The Balaban J connectivity index is -0.0000000628. The van der Waals surface area contributed by atoms with Crippen LogP contribution >= 0.6 is 0 Å². The van der Waals surface area contributed by atoms with Crippen LogP contribution in [0.1, 0.15) is 483 Å². The monoisotopic (exact) mass is 1290 g/mol. The van der Waals surface area contributed by atoms with Crippen molar-refractivity contribution < 1.29 is 28.5 Å². The molecule has 4 fully saturated rings. The average molecular weight is 1290 g/mol. The summed E-state index contributed by atoms with van der Waals surface area (Å²) in [6.45, 7) is 80.4. The van der Waals surface area contributed by atoms with Crippen LogP contribution in [0.5, 0.6) is 0 Å². The summed E-state index contributed by atoms with van der Waals surface area (Å²) < 4.78 is 101. The van der Waals surface area contributed by atoms with Crippen molar-refractivity contribution in [2.24, 2.45) is 68.0 Å². The summed E-state index contributed by atoms with van der Waals surface area (Å²) in [4.78, 5) is 0. The van der Waals surface area contributed by atoms with E-state index in [1.54, 1.807) is 0 Å². The van der Waals surface area contributed by atoms with Crippen molar-refractivity contribution in [3.63, 3.8) is 0 Å². The molecule has 0 aromatic carbocycles. The maximum Gasteiger partial charge on any atom is 0.245 e. The normalized spacial score (nSPS) is 18.7. The molecule has 4 aliphatic carbocycles. The zero-order valence-corrected chi connectivity index (χ0v) is 69.4. The Bertz CT molecular complexity index is 1260. The first-order valence-electron chi connectivity index (χ1n) is 40.7. The van der Waals surface area contributed by atoms with Gasteiger partial charge in [-0.25, -0.2) is 17.6 Å². The van der Waals surface area contributed by atoms with Gasteiger partial charge in [0.25, 0.3) is 0 Å². The molecule has 0 aromatic heterocycles. The van der Waals surface area contributed by atoms with Gasteiger partial charge in [-0.05, 0) is 94.7 Å². The molecule has 0 saturated heterocycles. The van der Waals surface area contributed by atoms with Crippen molar-refractivity contribution in [2.75, 3.05) is 0 Å². The molecule has 0 atom stereocenters. The smallest absolute Gasteiger partial charge is 0.207 e. The van der Waals surface area contributed by atoms with Crippen LogP contribution in [0.15, 0.2) is 0 Å². The highest BCUT2D eigenvalue weighted by Gasteiger charge is 2.24. The first-order chi connectivity index (χ1) is 42.0. The summed E-state index contributed by atoms with van der Waals surface area (Å²) in [5.74, 6) is 1.04. The molecule has 0 aliphatic heterocycles. The van der Waals surface area contributed by atoms with Gasteiger partial charge in [-0.15, -0.1) is 0 Å². The first-order valence-corrected chi connectivity index (χ1v) is 36.7. The van der Waals surface area contributed by atoms with E-state index in [4.69, 9.17) is 11.0 Å². The van der Waals surface area contributed by atoms with Crippen molar-refractivity contribution in [3.8, 4) is 0 Å². The second kappa shape index (κ2) is 77.4. The van der Waals surface area contributed by atoms with Crippen LogP contribution in [0.2, 0.25) is 0 Å². The summed E-state index contributed by atoms with van der Waals surface area (Å²) in [6, 6.07) is 0. The molecule has 0 heterocycles. The van der Waals surface area contributed by atoms with E-state index in [0.717, 1.165) is 49.4 Å². The Labute approximate surface area is 578 Å². The fraction of sp³-hybridized carbons (Fsp3) is 1.00. The van der Waals surface area contributed by atoms with Crippen molar-refractivity contribution in [1.29, 1.82) is 0 Å². The van der Waals surface area contributed by atoms with Gasteiger partial charge in [-0.3, -0.25) is 0 Å². The van der Waals surface area contributed by atoms with Gasteiger partial charge < -0.3 is 0 Å². The summed E-state index contributed by atoms with van der Waals surface area (Å²) >= 11 is 0. The Kier molecular flexibility index (Phi) is 86.9. The molecule has 0 unspecified atom stereocenters. The zero-order chi connectivity index (χ0) is 79.9. The van der Waals surface area contributed by atoms with Crippen molar-refractivity contribution >= 4 is 0 Å². The Morgan fingerprint density at radius 1 is 0.375 bits per heavy atom. The quantitative estimate of drug-likeness (QED) is 0.247. The largest absolute Gasteiger partial charge is 0.245 e. The van der Waals surface area contributed by atoms with Crippen LogP contribution in [0.3, 0.4) is 0 Å². The molecule has 88 heavy (non-hydrogen) atoms. The standard InChI is InChI=1S/C9H18.C8H16.C7H14.C6H12.2C6H14.3C5H12.2C4H8F2.2C4H10.2C3H8.2C2H6.CH4/c1-8-4-6-9(2,3)7-5-8;1-7-3-5-8(2)6-4-7;1-7-5-3-2-4-6-7;1-6-4-2-3-5-6;2*1-5-6(2,3)4;3*1-5(2,3)4;2*1-3-4(2,5)6;1-4(2)3;1-3-4-2;2*1-3-2;2*1-2;/h8H,4-7H2,1-3H3;7-8H,3-6H2,1-2H3;7H,2-6H2,1H3;6H,2-5H2,1H3;2*5H2,1-4H3;3*1-4H3;2*3H2,1-2H3;4H,1-3H3;3-4H2,1-2H3;2*3H2,1-2H3;2*1-2H3;1H4/i;;;;;;1D3,2D3;;;;;;;3D2;;;;. The second-order valence-corrected chi connectivity index (χ2v) is 33.1. The molecule has 4 heteroatoms. The van der Waals surface area contributed by atoms with Gasteiger partial charge >= 0.3 is 0 Å². The van der Waals surface area contributed by atoms with E-state index >= 15 is 0 Å². The highest BCUT2D eigenvalue weighted by molar-refractivity contribution is 4.76. The van der Waals surface area contributed by atoms with Crippen molar-refractivity contribution in [1.82, 2.24) is 0 Å². The highest BCUT2D eigenvalue weighted by atomic mass is 19.3. The van der Waals surface area contributed by atoms with E-state index in [-0.39, 0.29) is 20.3 Å². The lowest BCUT2D eigenvalue weighted by molar-refractivity contribution is 0.0174. The number of rotatable bonds is 3. The van der Waals surface area contributed by atoms with E-state index in [1.165, 1.54) is 183 Å². The number of unbranched alkanes of at least 4 members (excludes halogenated alkanes) is 1. The van der Waals surface area contributed by atoms with Gasteiger partial charge in [0.2, 0.25) is 11.8 Å². The van der Waals surface area contributed by atoms with Crippen LogP contribution < -0.4 is 0 Å². The third-order valence-corrected chi connectivity index (χ3v) is 12.3. The molecule has 4 saturated carbocycles. The van der Waals surface area contributed by atoms with Gasteiger partial charge in [0.1, 0.15) is 0 Å². The minimum atomic E-state index is -2.46. The topological polar surface area (TPSA) is 0 Å². The summed E-state index contributed by atoms with van der Waals surface area (Å²) in [7, 11) is 0. The summed E-state index contributed by atoms with van der Waals surface area (Å²) in [6.07, 6.45) is 30.4. The minimum Gasteiger partial charge on any atom is -0.207 e. The molecule has 0 N–H and O–H groups in total. The lowest BCUT2D eigenvalue weighted by Gasteiger charge is -2.32. The fourth-order valence-corrected chi connectivity index (χ4v) is 5.41. The summed E-state index contributed by atoms with van der Waals surface area (Å²) in [5.41, 5.74) is 1.12.